The van der Waals surface area contributed by atoms with Crippen LogP contribution in [0.4, 0.5) is 44.6 Å². The number of carbonyl (C=O) groups is 1. The Morgan fingerprint density at radius 2 is 1.23 bits per heavy atom. The summed E-state index contributed by atoms with van der Waals surface area (Å²) in [5.74, 6) is 0.516. The van der Waals surface area contributed by atoms with Crippen molar-refractivity contribution in [2.24, 2.45) is 20.5 Å². The van der Waals surface area contributed by atoms with E-state index in [1.807, 2.05) is 19.9 Å². The number of nitrogens with zero attached hydrogens (tertiary/aromatic N) is 4. The summed E-state index contributed by atoms with van der Waals surface area (Å²) >= 11 is 0.474. The first-order chi connectivity index (χ1) is 28.1. The minimum atomic E-state index is -4.86. The number of benzene rings is 6. The summed E-state index contributed by atoms with van der Waals surface area (Å²) in [6.07, 6.45) is 0. The summed E-state index contributed by atoms with van der Waals surface area (Å²) in [4.78, 5) is 11.7. The maximum Gasteiger partial charge on any atom is 1.00 e. The molecule has 0 bridgehead atoms. The minimum absolute atomic E-state index is 0. The normalized spacial score (nSPS) is 11.4. The van der Waals surface area contributed by atoms with Gasteiger partial charge in [0.15, 0.2) is 6.73 Å². The topological polar surface area (TPSA) is 268 Å². The van der Waals surface area contributed by atoms with Gasteiger partial charge in [0.1, 0.15) is 26.0 Å². The second-order valence-electron chi connectivity index (χ2n) is 12.4. The number of aryl methyl sites for hydroxylation is 2. The molecule has 0 aromatic heterocycles. The van der Waals surface area contributed by atoms with E-state index < -0.39 is 36.1 Å². The molecule has 0 aliphatic rings. The zero-order valence-corrected chi connectivity index (χ0v) is 42.1. The SMILES string of the molecule is Cc1cc(N=Nc2ccc(NC(=O)Nc3ccc(S(=O)(=O)[O-])cc3)cc2C)ccc1N=Nc1ccc(OCNc2ccc3cc(SOO[O-])cc(S(=O)(=O)[O-])c3c2)cc1.[Na+].[Na+].[Na+]. The first-order valence-electron chi connectivity index (χ1n) is 17.0. The van der Waals surface area contributed by atoms with Crippen LogP contribution in [0.2, 0.25) is 0 Å². The molecule has 0 unspecified atom stereocenters. The molecule has 304 valence electrons. The fourth-order valence-corrected chi connectivity index (χ4v) is 7.12. The van der Waals surface area contributed by atoms with E-state index in [0.717, 1.165) is 29.3 Å². The molecule has 0 saturated carbocycles. The van der Waals surface area contributed by atoms with Crippen LogP contribution in [0, 0.1) is 13.8 Å². The van der Waals surface area contributed by atoms with Gasteiger partial charge < -0.3 is 35.0 Å². The molecule has 6 aromatic carbocycles. The summed E-state index contributed by atoms with van der Waals surface area (Å²) in [7, 11) is -9.45. The molecule has 6 rings (SSSR count). The van der Waals surface area contributed by atoms with Gasteiger partial charge in [0.25, 0.3) is 0 Å². The van der Waals surface area contributed by atoms with Crippen LogP contribution in [0.1, 0.15) is 11.1 Å². The molecule has 0 aliphatic heterocycles. The zero-order valence-electron chi connectivity index (χ0n) is 33.7. The van der Waals surface area contributed by atoms with E-state index in [9.17, 15) is 36.0 Å². The van der Waals surface area contributed by atoms with Gasteiger partial charge in [0.05, 0.1) is 44.6 Å². The Balaban J connectivity index is 0.00000341. The minimum Gasteiger partial charge on any atom is -0.744 e. The second kappa shape index (κ2) is 24.1. The van der Waals surface area contributed by atoms with Crippen LogP contribution in [0.3, 0.4) is 0 Å². The van der Waals surface area contributed by atoms with Crippen molar-refractivity contribution >= 4 is 88.9 Å². The number of rotatable bonds is 15. The van der Waals surface area contributed by atoms with Crippen LogP contribution < -0.4 is 115 Å². The zero-order chi connectivity index (χ0) is 42.2. The number of nitrogens with one attached hydrogen (secondary N) is 3. The van der Waals surface area contributed by atoms with E-state index >= 15 is 0 Å². The largest absolute Gasteiger partial charge is 1.00 e. The molecule has 0 heterocycles. The molecule has 18 nitrogen and oxygen atoms in total. The summed E-state index contributed by atoms with van der Waals surface area (Å²) in [5.41, 5.74) is 5.16. The van der Waals surface area contributed by atoms with Crippen molar-refractivity contribution in [3.05, 3.63) is 126 Å². The quantitative estimate of drug-likeness (QED) is 0.0222. The van der Waals surface area contributed by atoms with Gasteiger partial charge in [-0.15, -0.1) is 0 Å². The molecule has 62 heavy (non-hydrogen) atoms. The predicted molar refractivity (Wildman–Crippen MR) is 213 cm³/mol. The van der Waals surface area contributed by atoms with Crippen molar-refractivity contribution in [3.63, 3.8) is 0 Å². The molecule has 24 heteroatoms. The average molecular weight is 926 g/mol. The number of fused-ring (bicyclic) bond motifs is 1. The standard InChI is InChI=1S/C38H33N7O11S3.3Na/c1-23-17-29(41-38(46)40-26-7-13-33(14-8-26)58(48,49)50)9-15-35(23)45-43-30-10-16-36(24(2)18-30)44-42-27-5-11-31(12-6-27)54-22-39-28-4-3-25-19-32(57-56-55-47)21-37(34(25)20-28)59(51,52)53;;;/h3-21,39,47H,22H2,1-2H3,(H2,40,41,46)(H,48,49,50)(H,51,52,53);;;/q;3*+1/p-3. The molecular formula is C38H30N7Na3O11S3. The second-order valence-corrected chi connectivity index (χ2v) is 15.9. The fraction of sp³-hybridized carbons (Fsp3) is 0.0789. The first kappa shape index (κ1) is 53.0. The third-order valence-corrected chi connectivity index (χ3v) is 10.5. The van der Waals surface area contributed by atoms with Crippen molar-refractivity contribution in [1.29, 1.82) is 0 Å². The van der Waals surface area contributed by atoms with Crippen LogP contribution in [0.15, 0.2) is 150 Å². The number of amides is 2. The van der Waals surface area contributed by atoms with E-state index in [-0.39, 0.29) is 106 Å². The Morgan fingerprint density at radius 1 is 0.645 bits per heavy atom. The summed E-state index contributed by atoms with van der Waals surface area (Å²) < 4.78 is 79.1. The Hall–Kier alpha value is -3.30. The van der Waals surface area contributed by atoms with Gasteiger partial charge in [-0.3, -0.25) is 5.04 Å². The monoisotopic (exact) mass is 925 g/mol. The van der Waals surface area contributed by atoms with Crippen molar-refractivity contribution in [1.82, 2.24) is 0 Å². The molecular weight excluding hydrogens is 896 g/mol. The Labute approximate surface area is 426 Å². The van der Waals surface area contributed by atoms with Gasteiger partial charge in [-0.2, -0.15) is 24.8 Å². The molecule has 6 aromatic rings. The van der Waals surface area contributed by atoms with Gasteiger partial charge in [-0.25, -0.2) is 21.6 Å². The van der Waals surface area contributed by atoms with E-state index in [2.05, 4.69) is 45.8 Å². The van der Waals surface area contributed by atoms with Gasteiger partial charge in [0, 0.05) is 27.3 Å². The van der Waals surface area contributed by atoms with Crippen LogP contribution >= 0.6 is 12.0 Å². The van der Waals surface area contributed by atoms with Crippen LogP contribution in [0.25, 0.3) is 10.8 Å². The number of hydrogen-bond acceptors (Lipinski definition) is 17. The van der Waals surface area contributed by atoms with E-state index in [0.29, 0.717) is 63.0 Å². The summed E-state index contributed by atoms with van der Waals surface area (Å²) in [6, 6.07) is 28.9. The molecule has 2 amide bonds. The Bertz CT molecular complexity index is 2810. The van der Waals surface area contributed by atoms with Crippen molar-refractivity contribution in [3.8, 4) is 5.75 Å². The van der Waals surface area contributed by atoms with Crippen molar-refractivity contribution in [2.75, 3.05) is 22.7 Å². The maximum atomic E-state index is 12.4. The number of hydrogen-bond donors (Lipinski definition) is 3. The third kappa shape index (κ3) is 15.2. The molecule has 0 fully saturated rings. The number of ether oxygens (including phenoxy) is 1. The third-order valence-electron chi connectivity index (χ3n) is 8.25. The van der Waals surface area contributed by atoms with Gasteiger partial charge >= 0.3 is 94.7 Å². The van der Waals surface area contributed by atoms with Gasteiger partial charge in [-0.1, -0.05) is 6.07 Å². The van der Waals surface area contributed by atoms with Gasteiger partial charge in [-0.05, 0) is 140 Å². The van der Waals surface area contributed by atoms with Gasteiger partial charge in [0.2, 0.25) is 0 Å². The number of carbonyl (C=O) groups excluding carboxylic acids is 1. The molecule has 0 aliphatic carbocycles. The van der Waals surface area contributed by atoms with Crippen LogP contribution in [-0.2, 0) is 29.6 Å². The van der Waals surface area contributed by atoms with E-state index in [1.54, 1.807) is 66.7 Å². The number of anilines is 3. The first-order valence-corrected chi connectivity index (χ1v) is 20.5. The van der Waals surface area contributed by atoms with Crippen LogP contribution in [0.5, 0.6) is 5.75 Å². The van der Waals surface area contributed by atoms with E-state index in [4.69, 9.17) is 4.74 Å². The van der Waals surface area contributed by atoms with Crippen molar-refractivity contribution < 1.29 is 139 Å². The van der Waals surface area contributed by atoms with E-state index in [1.165, 1.54) is 24.3 Å². The molecule has 0 saturated heterocycles. The Morgan fingerprint density at radius 3 is 1.84 bits per heavy atom. The summed E-state index contributed by atoms with van der Waals surface area (Å²) in [5, 5.41) is 39.7. The predicted octanol–water partition coefficient (Wildman–Crippen LogP) is -0.569. The fourth-order valence-electron chi connectivity index (χ4n) is 5.41. The smallest absolute Gasteiger partial charge is 0.744 e. The molecule has 0 radical (unpaired) electrons. The summed E-state index contributed by atoms with van der Waals surface area (Å²) in [6.45, 7) is 3.69. The average Bonchev–Trinajstić information content (AvgIpc) is 3.19. The number of azo groups is 2. The Kier molecular flexibility index (Phi) is 20.6. The molecule has 3 N–H and O–H groups in total. The van der Waals surface area contributed by atoms with Crippen LogP contribution in [-0.4, -0.2) is 38.7 Å². The molecule has 0 atom stereocenters. The van der Waals surface area contributed by atoms with Crippen molar-refractivity contribution in [2.45, 2.75) is 28.5 Å². The molecule has 0 spiro atoms. The number of urea groups is 1. The maximum absolute atomic E-state index is 12.4.